The van der Waals surface area contributed by atoms with E-state index in [2.05, 4.69) is 208 Å². The normalized spacial score (nSPS) is 9.56. The molecule has 0 saturated carbocycles. The third-order valence-electron chi connectivity index (χ3n) is 14.1. The van der Waals surface area contributed by atoms with E-state index in [1.54, 1.807) is 0 Å². The lowest BCUT2D eigenvalue weighted by Crippen LogP contribution is -1.88. The number of nitrogens with zero attached hydrogens (tertiary/aromatic N) is 10. The summed E-state index contributed by atoms with van der Waals surface area (Å²) < 4.78 is 0. The van der Waals surface area contributed by atoms with E-state index in [-0.39, 0.29) is 0 Å². The summed E-state index contributed by atoms with van der Waals surface area (Å²) >= 11 is 0. The van der Waals surface area contributed by atoms with Crippen LogP contribution in [0.1, 0.15) is 182 Å². The lowest BCUT2D eigenvalue weighted by Gasteiger charge is -1.97. The van der Waals surface area contributed by atoms with Crippen LogP contribution in [0, 0.1) is 69.2 Å². The Labute approximate surface area is 545 Å². The Balaban J connectivity index is 0.000000500. The molecule has 0 saturated heterocycles. The second kappa shape index (κ2) is 49.4. The summed E-state index contributed by atoms with van der Waals surface area (Å²) in [5, 5.41) is 0. The summed E-state index contributed by atoms with van der Waals surface area (Å²) in [5.41, 5.74) is 24.9. The highest BCUT2D eigenvalue weighted by Gasteiger charge is 1.96. The fourth-order valence-electron chi connectivity index (χ4n) is 8.18. The van der Waals surface area contributed by atoms with Crippen molar-refractivity contribution >= 4 is 0 Å². The molecule has 0 radical (unpaired) electrons. The van der Waals surface area contributed by atoms with Gasteiger partial charge in [-0.3, -0.25) is 49.8 Å². The Hall–Kier alpha value is -8.50. The Morgan fingerprint density at radius 3 is 1.37 bits per heavy atom. The average molecular weight is 1210 g/mol. The highest BCUT2D eigenvalue weighted by atomic mass is 14.7. The molecular weight excluding hydrogens is 1100 g/mol. The quantitative estimate of drug-likeness (QED) is 0.130. The third-order valence-corrected chi connectivity index (χ3v) is 14.1. The number of hydrogen-bond acceptors (Lipinski definition) is 10. The Kier molecular flexibility index (Phi) is 43.6. The lowest BCUT2D eigenvalue weighted by molar-refractivity contribution is 1.01. The second-order valence-electron chi connectivity index (χ2n) is 21.6. The van der Waals surface area contributed by atoms with E-state index >= 15 is 0 Å². The van der Waals surface area contributed by atoms with Crippen LogP contribution in [0.5, 0.6) is 0 Å². The molecule has 0 aliphatic carbocycles. The summed E-state index contributed by atoms with van der Waals surface area (Å²) in [6.07, 6.45) is 33.1. The highest BCUT2D eigenvalue weighted by Crippen LogP contribution is 2.08. The van der Waals surface area contributed by atoms with Crippen molar-refractivity contribution in [2.24, 2.45) is 0 Å². The molecule has 0 unspecified atom stereocenters. The number of aromatic nitrogens is 10. The molecule has 10 nitrogen and oxygen atoms in total. The molecule has 90 heavy (non-hydrogen) atoms. The molecule has 0 spiro atoms. The number of aryl methyl sites for hydroxylation is 20. The van der Waals surface area contributed by atoms with Crippen LogP contribution < -0.4 is 0 Å². The van der Waals surface area contributed by atoms with Crippen molar-refractivity contribution in [2.75, 3.05) is 0 Å². The summed E-state index contributed by atoms with van der Waals surface area (Å²) in [7, 11) is 0. The average Bonchev–Trinajstić information content (AvgIpc) is 3.72. The Morgan fingerprint density at radius 1 is 0.267 bits per heavy atom. The fourth-order valence-corrected chi connectivity index (χ4v) is 8.18. The zero-order valence-corrected chi connectivity index (χ0v) is 58.9. The van der Waals surface area contributed by atoms with Crippen LogP contribution in [0.2, 0.25) is 0 Å². The first kappa shape index (κ1) is 79.5. The number of pyridine rings is 10. The van der Waals surface area contributed by atoms with Gasteiger partial charge in [0.2, 0.25) is 0 Å². The largest absolute Gasteiger partial charge is 0.264 e. The third kappa shape index (κ3) is 36.7. The topological polar surface area (TPSA) is 129 Å². The first-order valence-electron chi connectivity index (χ1n) is 32.4. The standard InChI is InChI=1S/10C8H11N/c1-3-8-4-7(2)5-9-6-8;1-3-8-4-5-9-6-7(8)2;1-3-8-4-5-9-7(2)6-8;1-3-8-6-9-5-4-7(8)2;1-3-8-5-4-7(2)9-6-8;1-3-8-6-7(2)4-5-9-8;1-3-8-5-4-7(2)6-9-8;1-3-8-5-4-6-9-7(8)2;1-3-8-7(2)5-4-6-9-8;1-3-8-6-4-5-7(2)9-8/h10*4-6H,3H2,1-2H3. The molecule has 10 heterocycles. The van der Waals surface area contributed by atoms with Gasteiger partial charge < -0.3 is 0 Å². The van der Waals surface area contributed by atoms with Crippen molar-refractivity contribution < 1.29 is 0 Å². The van der Waals surface area contributed by atoms with Crippen molar-refractivity contribution in [2.45, 2.75) is 203 Å². The van der Waals surface area contributed by atoms with Crippen LogP contribution in [0.3, 0.4) is 0 Å². The fraction of sp³-hybridized carbons (Fsp3) is 0.375. The lowest BCUT2D eigenvalue weighted by atomic mass is 10.1. The maximum atomic E-state index is 4.29. The highest BCUT2D eigenvalue weighted by molar-refractivity contribution is 5.23. The smallest absolute Gasteiger partial charge is 0.0429 e. The molecule has 10 aromatic heterocycles. The minimum absolute atomic E-state index is 1.03. The van der Waals surface area contributed by atoms with Crippen LogP contribution >= 0.6 is 0 Å². The first-order chi connectivity index (χ1) is 43.3. The van der Waals surface area contributed by atoms with E-state index in [1.165, 1.54) is 89.5 Å². The summed E-state index contributed by atoms with van der Waals surface area (Å²) in [6, 6.07) is 37.1. The van der Waals surface area contributed by atoms with Gasteiger partial charge in [-0.25, -0.2) is 0 Å². The second-order valence-corrected chi connectivity index (χ2v) is 21.6. The first-order valence-corrected chi connectivity index (χ1v) is 32.4. The molecule has 10 heteroatoms. The van der Waals surface area contributed by atoms with Gasteiger partial charge in [0.1, 0.15) is 0 Å². The van der Waals surface area contributed by atoms with Crippen LogP contribution in [0.4, 0.5) is 0 Å². The zero-order chi connectivity index (χ0) is 66.9. The van der Waals surface area contributed by atoms with Gasteiger partial charge in [0.05, 0.1) is 0 Å². The molecule has 10 rings (SSSR count). The van der Waals surface area contributed by atoms with E-state index in [4.69, 9.17) is 0 Å². The summed E-state index contributed by atoms with van der Waals surface area (Å²) in [5.74, 6) is 0. The van der Waals surface area contributed by atoms with Gasteiger partial charge in [0.15, 0.2) is 0 Å². The molecule has 0 aliphatic rings. The van der Waals surface area contributed by atoms with Gasteiger partial charge in [-0.05, 0) is 273 Å². The summed E-state index contributed by atoms with van der Waals surface area (Å²) in [4.78, 5) is 41.3. The van der Waals surface area contributed by atoms with Crippen molar-refractivity contribution in [1.29, 1.82) is 0 Å². The monoisotopic (exact) mass is 1210 g/mol. The van der Waals surface area contributed by atoms with Gasteiger partial charge in [-0.2, -0.15) is 0 Å². The van der Waals surface area contributed by atoms with E-state index in [0.717, 1.165) is 87.0 Å². The van der Waals surface area contributed by atoms with Crippen molar-refractivity contribution in [3.05, 3.63) is 296 Å². The number of rotatable bonds is 10. The Bertz CT molecular complexity index is 3000. The van der Waals surface area contributed by atoms with Crippen LogP contribution in [0.15, 0.2) is 184 Å². The maximum Gasteiger partial charge on any atom is 0.0429 e. The molecule has 0 amide bonds. The molecule has 0 aliphatic heterocycles. The predicted octanol–water partition coefficient (Wildman–Crippen LogP) is 19.5. The van der Waals surface area contributed by atoms with Crippen molar-refractivity contribution in [3.8, 4) is 0 Å². The van der Waals surface area contributed by atoms with Gasteiger partial charge >= 0.3 is 0 Å². The van der Waals surface area contributed by atoms with Crippen molar-refractivity contribution in [1.82, 2.24) is 49.8 Å². The molecule has 0 atom stereocenters. The van der Waals surface area contributed by atoms with Gasteiger partial charge in [-0.15, -0.1) is 0 Å². The molecular formula is C80H110N10. The molecule has 480 valence electrons. The minimum atomic E-state index is 1.03. The van der Waals surface area contributed by atoms with Crippen LogP contribution in [-0.4, -0.2) is 49.8 Å². The van der Waals surface area contributed by atoms with E-state index in [1.807, 2.05) is 164 Å². The van der Waals surface area contributed by atoms with Gasteiger partial charge in [0, 0.05) is 120 Å². The minimum Gasteiger partial charge on any atom is -0.264 e. The molecule has 0 N–H and O–H groups in total. The van der Waals surface area contributed by atoms with E-state index < -0.39 is 0 Å². The molecule has 0 bridgehead atoms. The van der Waals surface area contributed by atoms with E-state index in [0.29, 0.717) is 0 Å². The van der Waals surface area contributed by atoms with Crippen molar-refractivity contribution in [3.63, 3.8) is 0 Å². The van der Waals surface area contributed by atoms with Crippen LogP contribution in [-0.2, 0) is 64.2 Å². The molecule has 0 aromatic carbocycles. The molecule has 0 fully saturated rings. The van der Waals surface area contributed by atoms with Gasteiger partial charge in [-0.1, -0.05) is 106 Å². The molecule has 10 aromatic rings. The Morgan fingerprint density at radius 2 is 0.922 bits per heavy atom. The van der Waals surface area contributed by atoms with E-state index in [9.17, 15) is 0 Å². The number of hydrogen-bond donors (Lipinski definition) is 0. The van der Waals surface area contributed by atoms with Crippen LogP contribution in [0.25, 0.3) is 0 Å². The predicted molar refractivity (Wildman–Crippen MR) is 384 cm³/mol. The summed E-state index contributed by atoms with van der Waals surface area (Å²) in [6.45, 7) is 41.9. The zero-order valence-electron chi connectivity index (χ0n) is 58.9. The SMILES string of the molecule is CCc1cc(C)ccn1.CCc1ccc(C)cn1.CCc1ccc(C)nc1.CCc1cccc(C)n1.CCc1cccnc1C.CCc1ccnc(C)c1.CCc1ccncc1C.CCc1cncc(C)c1.CCc1cnccc1C.CCc1ncccc1C. The van der Waals surface area contributed by atoms with Gasteiger partial charge in [0.25, 0.3) is 0 Å². The maximum absolute atomic E-state index is 4.29.